The molecular formula is C13H16N2O4. The van der Waals surface area contributed by atoms with Crippen LogP contribution in [-0.2, 0) is 4.79 Å². The van der Waals surface area contributed by atoms with E-state index in [0.717, 1.165) is 19.3 Å². The summed E-state index contributed by atoms with van der Waals surface area (Å²) in [6.45, 7) is 2.03. The number of hydrogen-bond donors (Lipinski definition) is 1. The first-order valence-corrected chi connectivity index (χ1v) is 6.13. The maximum absolute atomic E-state index is 11.7. The number of nitrogens with one attached hydrogen (secondary N) is 1. The summed E-state index contributed by atoms with van der Waals surface area (Å²) >= 11 is 0. The summed E-state index contributed by atoms with van der Waals surface area (Å²) in [5.41, 5.74) is 0.139. The summed E-state index contributed by atoms with van der Waals surface area (Å²) in [7, 11) is 0. The van der Waals surface area contributed by atoms with Crippen LogP contribution in [0.25, 0.3) is 0 Å². The Labute approximate surface area is 111 Å². The van der Waals surface area contributed by atoms with Crippen molar-refractivity contribution >= 4 is 17.5 Å². The standard InChI is InChI=1S/C13H16N2O4/c1-2-3-4-5-12(16)14-13(17)10-6-8-11(9-7-10)15(18)19/h6-9H,2-5H2,1H3,(H,14,16,17). The maximum atomic E-state index is 11.7. The van der Waals surface area contributed by atoms with Crippen LogP contribution >= 0.6 is 0 Å². The van der Waals surface area contributed by atoms with E-state index < -0.39 is 10.8 Å². The highest BCUT2D eigenvalue weighted by atomic mass is 16.6. The van der Waals surface area contributed by atoms with Crippen molar-refractivity contribution in [2.75, 3.05) is 0 Å². The highest BCUT2D eigenvalue weighted by Crippen LogP contribution is 2.11. The van der Waals surface area contributed by atoms with Crippen molar-refractivity contribution in [3.8, 4) is 0 Å². The molecular weight excluding hydrogens is 248 g/mol. The van der Waals surface area contributed by atoms with Gasteiger partial charge in [-0.2, -0.15) is 0 Å². The Morgan fingerprint density at radius 1 is 1.21 bits per heavy atom. The summed E-state index contributed by atoms with van der Waals surface area (Å²) in [6, 6.07) is 5.12. The maximum Gasteiger partial charge on any atom is 0.269 e. The van der Waals surface area contributed by atoms with Crippen LogP contribution in [0.15, 0.2) is 24.3 Å². The topological polar surface area (TPSA) is 89.3 Å². The predicted molar refractivity (Wildman–Crippen MR) is 69.7 cm³/mol. The SMILES string of the molecule is CCCCCC(=O)NC(=O)c1ccc([N+](=O)[O-])cc1. The Kier molecular flexibility index (Phi) is 5.66. The number of hydrogen-bond acceptors (Lipinski definition) is 4. The molecule has 0 saturated carbocycles. The number of non-ortho nitro benzene ring substituents is 1. The lowest BCUT2D eigenvalue weighted by Crippen LogP contribution is -2.30. The van der Waals surface area contributed by atoms with Gasteiger partial charge < -0.3 is 0 Å². The molecule has 19 heavy (non-hydrogen) atoms. The average Bonchev–Trinajstić information content (AvgIpc) is 2.39. The number of carbonyl (C=O) groups excluding carboxylic acids is 2. The Balaban J connectivity index is 2.53. The highest BCUT2D eigenvalue weighted by molar-refractivity contribution is 6.04. The molecule has 0 aliphatic carbocycles. The van der Waals surface area contributed by atoms with Gasteiger partial charge in [0, 0.05) is 24.1 Å². The second-order valence-corrected chi connectivity index (χ2v) is 4.14. The average molecular weight is 264 g/mol. The van der Waals surface area contributed by atoms with Gasteiger partial charge in [0.2, 0.25) is 5.91 Å². The molecule has 2 amide bonds. The van der Waals surface area contributed by atoms with Gasteiger partial charge in [-0.15, -0.1) is 0 Å². The van der Waals surface area contributed by atoms with Gasteiger partial charge in [0.25, 0.3) is 11.6 Å². The third kappa shape index (κ3) is 4.87. The summed E-state index contributed by atoms with van der Waals surface area (Å²) in [4.78, 5) is 33.0. The van der Waals surface area contributed by atoms with E-state index in [1.165, 1.54) is 24.3 Å². The summed E-state index contributed by atoms with van der Waals surface area (Å²) in [5, 5.41) is 12.7. The van der Waals surface area contributed by atoms with Crippen LogP contribution in [-0.4, -0.2) is 16.7 Å². The van der Waals surface area contributed by atoms with Crippen LogP contribution in [0.4, 0.5) is 5.69 Å². The molecule has 1 aromatic rings. The first kappa shape index (κ1) is 14.8. The van der Waals surface area contributed by atoms with Crippen LogP contribution in [0, 0.1) is 10.1 Å². The number of amides is 2. The zero-order chi connectivity index (χ0) is 14.3. The second-order valence-electron chi connectivity index (χ2n) is 4.14. The molecule has 1 N–H and O–H groups in total. The second kappa shape index (κ2) is 7.25. The number of benzene rings is 1. The van der Waals surface area contributed by atoms with E-state index in [0.29, 0.717) is 6.42 Å². The smallest absolute Gasteiger partial charge is 0.269 e. The van der Waals surface area contributed by atoms with E-state index in [-0.39, 0.29) is 17.2 Å². The van der Waals surface area contributed by atoms with E-state index in [1.54, 1.807) is 0 Å². The van der Waals surface area contributed by atoms with Crippen molar-refractivity contribution in [3.63, 3.8) is 0 Å². The molecule has 1 aromatic carbocycles. The minimum absolute atomic E-state index is 0.0918. The Morgan fingerprint density at radius 3 is 2.37 bits per heavy atom. The highest BCUT2D eigenvalue weighted by Gasteiger charge is 2.11. The molecule has 0 unspecified atom stereocenters. The van der Waals surface area contributed by atoms with E-state index in [9.17, 15) is 19.7 Å². The first-order valence-electron chi connectivity index (χ1n) is 6.13. The van der Waals surface area contributed by atoms with Crippen LogP contribution in [0.2, 0.25) is 0 Å². The molecule has 1 rings (SSSR count). The monoisotopic (exact) mass is 264 g/mol. The van der Waals surface area contributed by atoms with Gasteiger partial charge in [0.15, 0.2) is 0 Å². The minimum atomic E-state index is -0.544. The summed E-state index contributed by atoms with van der Waals surface area (Å²) in [5.74, 6) is -0.854. The first-order chi connectivity index (χ1) is 9.04. The predicted octanol–water partition coefficient (Wildman–Crippen LogP) is 2.43. The van der Waals surface area contributed by atoms with Crippen LogP contribution in [0.1, 0.15) is 43.0 Å². The molecule has 0 heterocycles. The zero-order valence-corrected chi connectivity index (χ0v) is 10.7. The van der Waals surface area contributed by atoms with Gasteiger partial charge >= 0.3 is 0 Å². The molecule has 0 atom stereocenters. The quantitative estimate of drug-likeness (QED) is 0.485. The number of nitro groups is 1. The molecule has 0 radical (unpaired) electrons. The number of nitro benzene ring substituents is 1. The molecule has 0 spiro atoms. The van der Waals surface area contributed by atoms with Crippen molar-refractivity contribution in [1.29, 1.82) is 0 Å². The van der Waals surface area contributed by atoms with Gasteiger partial charge in [-0.05, 0) is 18.6 Å². The Morgan fingerprint density at radius 2 is 1.84 bits per heavy atom. The fraction of sp³-hybridized carbons (Fsp3) is 0.385. The molecule has 0 aliphatic heterocycles. The molecule has 0 aromatic heterocycles. The third-order valence-electron chi connectivity index (χ3n) is 2.60. The number of imide groups is 1. The van der Waals surface area contributed by atoms with E-state index >= 15 is 0 Å². The minimum Gasteiger partial charge on any atom is -0.292 e. The van der Waals surface area contributed by atoms with Gasteiger partial charge in [-0.3, -0.25) is 25.0 Å². The van der Waals surface area contributed by atoms with Crippen LogP contribution in [0.5, 0.6) is 0 Å². The normalized spacial score (nSPS) is 9.95. The van der Waals surface area contributed by atoms with Crippen molar-refractivity contribution < 1.29 is 14.5 Å². The largest absolute Gasteiger partial charge is 0.292 e. The molecule has 0 aliphatic rings. The lowest BCUT2D eigenvalue weighted by atomic mass is 10.1. The van der Waals surface area contributed by atoms with E-state index in [1.807, 2.05) is 6.92 Å². The lowest BCUT2D eigenvalue weighted by Gasteiger charge is -2.03. The van der Waals surface area contributed by atoms with E-state index in [4.69, 9.17) is 0 Å². The number of nitrogens with zero attached hydrogens (tertiary/aromatic N) is 1. The molecule has 102 valence electrons. The van der Waals surface area contributed by atoms with Gasteiger partial charge in [-0.25, -0.2) is 0 Å². The Bertz CT molecular complexity index is 468. The molecule has 0 bridgehead atoms. The van der Waals surface area contributed by atoms with Gasteiger partial charge in [0.1, 0.15) is 0 Å². The summed E-state index contributed by atoms with van der Waals surface area (Å²) < 4.78 is 0. The number of unbranched alkanes of at least 4 members (excludes halogenated alkanes) is 2. The van der Waals surface area contributed by atoms with Crippen molar-refractivity contribution in [1.82, 2.24) is 5.32 Å². The van der Waals surface area contributed by atoms with Crippen LogP contribution in [0.3, 0.4) is 0 Å². The molecule has 6 nitrogen and oxygen atoms in total. The fourth-order valence-corrected chi connectivity index (χ4v) is 1.53. The van der Waals surface area contributed by atoms with Crippen LogP contribution < -0.4 is 5.32 Å². The zero-order valence-electron chi connectivity index (χ0n) is 10.7. The molecule has 0 saturated heterocycles. The van der Waals surface area contributed by atoms with Gasteiger partial charge in [0.05, 0.1) is 4.92 Å². The van der Waals surface area contributed by atoms with Crippen molar-refractivity contribution in [3.05, 3.63) is 39.9 Å². The molecule has 0 fully saturated rings. The fourth-order valence-electron chi connectivity index (χ4n) is 1.53. The van der Waals surface area contributed by atoms with Crippen molar-refractivity contribution in [2.24, 2.45) is 0 Å². The molecule has 6 heteroatoms. The van der Waals surface area contributed by atoms with Gasteiger partial charge in [-0.1, -0.05) is 19.8 Å². The van der Waals surface area contributed by atoms with E-state index in [2.05, 4.69) is 5.32 Å². The van der Waals surface area contributed by atoms with Crippen molar-refractivity contribution in [2.45, 2.75) is 32.6 Å². The lowest BCUT2D eigenvalue weighted by molar-refractivity contribution is -0.384. The summed E-state index contributed by atoms with van der Waals surface area (Å²) in [6.07, 6.45) is 3.01. The number of rotatable bonds is 6. The Hall–Kier alpha value is -2.24. The number of carbonyl (C=O) groups is 2. The third-order valence-corrected chi connectivity index (χ3v) is 2.60.